The number of amides is 2. The second-order valence-electron chi connectivity index (χ2n) is 6.72. The molecule has 0 aromatic heterocycles. The standard InChI is InChI=1S/C24H21N3O3/c1-17-5-9-20(10-6-17)24(29)27-21-4-2-3-19(13-21)15-26-23(28)16-30-22-11-7-18(14-25)8-12-22/h2-13H,15-16H2,1H3,(H,26,28)(H,27,29). The Bertz CT molecular complexity index is 1070. The Balaban J connectivity index is 1.49. The number of nitriles is 1. The average Bonchev–Trinajstić information content (AvgIpc) is 2.77. The highest BCUT2D eigenvalue weighted by Gasteiger charge is 2.07. The normalized spacial score (nSPS) is 10.0. The quantitative estimate of drug-likeness (QED) is 0.632. The summed E-state index contributed by atoms with van der Waals surface area (Å²) >= 11 is 0. The van der Waals surface area contributed by atoms with E-state index in [1.807, 2.05) is 43.3 Å². The Labute approximate surface area is 175 Å². The van der Waals surface area contributed by atoms with Crippen molar-refractivity contribution in [1.29, 1.82) is 5.26 Å². The summed E-state index contributed by atoms with van der Waals surface area (Å²) in [6.45, 7) is 2.15. The van der Waals surface area contributed by atoms with Crippen LogP contribution in [0.2, 0.25) is 0 Å². The first kappa shape index (κ1) is 20.6. The third kappa shape index (κ3) is 5.94. The number of benzene rings is 3. The van der Waals surface area contributed by atoms with Crippen molar-refractivity contribution in [2.75, 3.05) is 11.9 Å². The summed E-state index contributed by atoms with van der Waals surface area (Å²) < 4.78 is 5.41. The van der Waals surface area contributed by atoms with Crippen molar-refractivity contribution in [2.45, 2.75) is 13.5 Å². The number of ether oxygens (including phenoxy) is 1. The Morgan fingerprint density at radius 2 is 1.73 bits per heavy atom. The second kappa shape index (κ2) is 9.89. The predicted octanol–water partition coefficient (Wildman–Crippen LogP) is 3.81. The molecular weight excluding hydrogens is 378 g/mol. The van der Waals surface area contributed by atoms with Crippen LogP contribution in [0.25, 0.3) is 0 Å². The molecule has 0 spiro atoms. The third-order valence-corrected chi connectivity index (χ3v) is 4.34. The maximum absolute atomic E-state index is 12.3. The van der Waals surface area contributed by atoms with Crippen LogP contribution in [0.5, 0.6) is 5.75 Å². The van der Waals surface area contributed by atoms with Crippen LogP contribution in [0.3, 0.4) is 0 Å². The maximum Gasteiger partial charge on any atom is 0.258 e. The van der Waals surface area contributed by atoms with Gasteiger partial charge in [-0.3, -0.25) is 9.59 Å². The molecule has 3 aromatic rings. The number of anilines is 1. The van der Waals surface area contributed by atoms with Gasteiger partial charge in [-0.2, -0.15) is 5.26 Å². The van der Waals surface area contributed by atoms with Crippen molar-refractivity contribution in [3.05, 3.63) is 95.1 Å². The molecule has 150 valence electrons. The lowest BCUT2D eigenvalue weighted by Crippen LogP contribution is -2.28. The number of hydrogen-bond donors (Lipinski definition) is 2. The highest BCUT2D eigenvalue weighted by molar-refractivity contribution is 6.04. The van der Waals surface area contributed by atoms with Crippen LogP contribution < -0.4 is 15.4 Å². The monoisotopic (exact) mass is 399 g/mol. The van der Waals surface area contributed by atoms with Gasteiger partial charge in [-0.05, 0) is 61.0 Å². The first-order valence-electron chi connectivity index (χ1n) is 9.40. The molecule has 30 heavy (non-hydrogen) atoms. The highest BCUT2D eigenvalue weighted by Crippen LogP contribution is 2.14. The van der Waals surface area contributed by atoms with E-state index in [0.29, 0.717) is 29.1 Å². The lowest BCUT2D eigenvalue weighted by molar-refractivity contribution is -0.123. The van der Waals surface area contributed by atoms with Crippen LogP contribution in [0.15, 0.2) is 72.8 Å². The lowest BCUT2D eigenvalue weighted by atomic mass is 10.1. The average molecular weight is 399 g/mol. The lowest BCUT2D eigenvalue weighted by Gasteiger charge is -2.10. The Morgan fingerprint density at radius 3 is 2.43 bits per heavy atom. The molecule has 0 aliphatic heterocycles. The van der Waals surface area contributed by atoms with Crippen molar-refractivity contribution in [1.82, 2.24) is 5.32 Å². The Hall–Kier alpha value is -4.11. The molecular formula is C24H21N3O3. The predicted molar refractivity (Wildman–Crippen MR) is 114 cm³/mol. The maximum atomic E-state index is 12.3. The van der Waals surface area contributed by atoms with Gasteiger partial charge in [-0.25, -0.2) is 0 Å². The van der Waals surface area contributed by atoms with Crippen molar-refractivity contribution >= 4 is 17.5 Å². The SMILES string of the molecule is Cc1ccc(C(=O)Nc2cccc(CNC(=O)COc3ccc(C#N)cc3)c2)cc1. The molecule has 0 saturated carbocycles. The molecule has 0 fully saturated rings. The molecule has 0 aliphatic rings. The number of nitrogens with zero attached hydrogens (tertiary/aromatic N) is 1. The molecule has 0 radical (unpaired) electrons. The largest absolute Gasteiger partial charge is 0.484 e. The zero-order chi connectivity index (χ0) is 21.3. The minimum absolute atomic E-state index is 0.129. The van der Waals surface area contributed by atoms with E-state index in [4.69, 9.17) is 10.00 Å². The second-order valence-corrected chi connectivity index (χ2v) is 6.72. The van der Waals surface area contributed by atoms with E-state index in [2.05, 4.69) is 10.6 Å². The Kier molecular flexibility index (Phi) is 6.80. The van der Waals surface area contributed by atoms with E-state index < -0.39 is 0 Å². The summed E-state index contributed by atoms with van der Waals surface area (Å²) in [5, 5.41) is 14.4. The number of aryl methyl sites for hydroxylation is 1. The van der Waals surface area contributed by atoms with E-state index in [0.717, 1.165) is 11.1 Å². The van der Waals surface area contributed by atoms with Gasteiger partial charge in [-0.15, -0.1) is 0 Å². The number of rotatable bonds is 7. The van der Waals surface area contributed by atoms with Gasteiger partial charge < -0.3 is 15.4 Å². The van der Waals surface area contributed by atoms with Gasteiger partial charge in [0.05, 0.1) is 11.6 Å². The fourth-order valence-electron chi connectivity index (χ4n) is 2.69. The fourth-order valence-corrected chi connectivity index (χ4v) is 2.69. The topological polar surface area (TPSA) is 91.2 Å². The van der Waals surface area contributed by atoms with Crippen LogP contribution in [0, 0.1) is 18.3 Å². The van der Waals surface area contributed by atoms with Gasteiger partial charge in [0, 0.05) is 17.8 Å². The summed E-state index contributed by atoms with van der Waals surface area (Å²) in [4.78, 5) is 24.4. The Morgan fingerprint density at radius 1 is 1.00 bits per heavy atom. The van der Waals surface area contributed by atoms with E-state index in [-0.39, 0.29) is 18.4 Å². The summed E-state index contributed by atoms with van der Waals surface area (Å²) in [5.74, 6) is 0.0606. The molecule has 0 saturated heterocycles. The van der Waals surface area contributed by atoms with E-state index >= 15 is 0 Å². The van der Waals surface area contributed by atoms with Crippen molar-refractivity contribution in [3.8, 4) is 11.8 Å². The van der Waals surface area contributed by atoms with Crippen LogP contribution >= 0.6 is 0 Å². The van der Waals surface area contributed by atoms with Gasteiger partial charge in [0.25, 0.3) is 11.8 Å². The molecule has 2 amide bonds. The van der Waals surface area contributed by atoms with Crippen LogP contribution in [-0.2, 0) is 11.3 Å². The third-order valence-electron chi connectivity index (χ3n) is 4.34. The molecule has 3 rings (SSSR count). The zero-order valence-electron chi connectivity index (χ0n) is 16.5. The van der Waals surface area contributed by atoms with E-state index in [1.54, 1.807) is 42.5 Å². The molecule has 0 unspecified atom stereocenters. The molecule has 3 aromatic carbocycles. The van der Waals surface area contributed by atoms with Gasteiger partial charge in [0.1, 0.15) is 5.75 Å². The number of carbonyl (C=O) groups excluding carboxylic acids is 2. The van der Waals surface area contributed by atoms with Gasteiger partial charge in [0.2, 0.25) is 0 Å². The van der Waals surface area contributed by atoms with Crippen molar-refractivity contribution < 1.29 is 14.3 Å². The van der Waals surface area contributed by atoms with E-state index in [1.165, 1.54) is 0 Å². The minimum Gasteiger partial charge on any atom is -0.484 e. The smallest absolute Gasteiger partial charge is 0.258 e. The first-order valence-corrected chi connectivity index (χ1v) is 9.40. The summed E-state index contributed by atoms with van der Waals surface area (Å²) in [6.07, 6.45) is 0. The molecule has 6 nitrogen and oxygen atoms in total. The number of hydrogen-bond acceptors (Lipinski definition) is 4. The zero-order valence-corrected chi connectivity index (χ0v) is 16.5. The number of carbonyl (C=O) groups is 2. The van der Waals surface area contributed by atoms with Crippen molar-refractivity contribution in [3.63, 3.8) is 0 Å². The number of nitrogens with one attached hydrogen (secondary N) is 2. The molecule has 0 bridgehead atoms. The van der Waals surface area contributed by atoms with Crippen molar-refractivity contribution in [2.24, 2.45) is 0 Å². The molecule has 6 heteroatoms. The molecule has 2 N–H and O–H groups in total. The highest BCUT2D eigenvalue weighted by atomic mass is 16.5. The molecule has 0 atom stereocenters. The fraction of sp³-hybridized carbons (Fsp3) is 0.125. The summed E-state index contributed by atoms with van der Waals surface area (Å²) in [7, 11) is 0. The first-order chi connectivity index (χ1) is 14.5. The summed E-state index contributed by atoms with van der Waals surface area (Å²) in [5.41, 5.74) is 3.71. The van der Waals surface area contributed by atoms with Crippen LogP contribution in [-0.4, -0.2) is 18.4 Å². The van der Waals surface area contributed by atoms with Crippen LogP contribution in [0.1, 0.15) is 27.0 Å². The van der Waals surface area contributed by atoms with Gasteiger partial charge >= 0.3 is 0 Å². The van der Waals surface area contributed by atoms with Gasteiger partial charge in [0.15, 0.2) is 6.61 Å². The summed E-state index contributed by atoms with van der Waals surface area (Å²) in [6, 6.07) is 23.2. The van der Waals surface area contributed by atoms with Gasteiger partial charge in [-0.1, -0.05) is 29.8 Å². The van der Waals surface area contributed by atoms with E-state index in [9.17, 15) is 9.59 Å². The van der Waals surface area contributed by atoms with Crippen LogP contribution in [0.4, 0.5) is 5.69 Å². The molecule has 0 aliphatic carbocycles. The minimum atomic E-state index is -0.270. The molecule has 0 heterocycles.